The summed E-state index contributed by atoms with van der Waals surface area (Å²) < 4.78 is 1.67. The Morgan fingerprint density at radius 1 is 1.35 bits per heavy atom. The zero-order chi connectivity index (χ0) is 24.4. The van der Waals surface area contributed by atoms with Gasteiger partial charge in [-0.15, -0.1) is 11.3 Å². The Morgan fingerprint density at radius 2 is 2.09 bits per heavy atom. The van der Waals surface area contributed by atoms with Crippen LogP contribution >= 0.6 is 35.3 Å². The number of ketones is 1. The van der Waals surface area contributed by atoms with E-state index in [4.69, 9.17) is 12.2 Å². The summed E-state index contributed by atoms with van der Waals surface area (Å²) in [4.78, 5) is 41.7. The number of nitriles is 1. The summed E-state index contributed by atoms with van der Waals surface area (Å²) in [5.41, 5.74) is -0.431. The van der Waals surface area contributed by atoms with E-state index < -0.39 is 5.56 Å². The van der Waals surface area contributed by atoms with E-state index >= 15 is 0 Å². The molecule has 1 amide bonds. The quantitative estimate of drug-likeness (QED) is 0.323. The molecule has 3 heterocycles. The smallest absolute Gasteiger partial charge is 0.271 e. The maximum absolute atomic E-state index is 13.1. The molecule has 1 aliphatic carbocycles. The number of nitrogens with zero attached hydrogens (tertiary/aromatic N) is 3. The zero-order valence-electron chi connectivity index (χ0n) is 18.6. The number of aromatic hydroxyl groups is 1. The molecule has 7 nitrogen and oxygen atoms in total. The highest BCUT2D eigenvalue weighted by molar-refractivity contribution is 8.26. The number of carbonyl (C=O) groups excluding carboxylic acids is 2. The molecule has 0 aromatic carbocycles. The van der Waals surface area contributed by atoms with Gasteiger partial charge in [0.15, 0.2) is 5.78 Å². The molecule has 176 valence electrons. The van der Waals surface area contributed by atoms with E-state index in [9.17, 15) is 24.8 Å². The molecule has 1 saturated carbocycles. The van der Waals surface area contributed by atoms with Crippen LogP contribution in [0.3, 0.4) is 0 Å². The first-order chi connectivity index (χ1) is 16.3. The number of Topliss-reactive ketones (excluding diaryl/α,β-unsaturated/α-hetero) is 1. The summed E-state index contributed by atoms with van der Waals surface area (Å²) in [6.07, 6.45) is 5.50. The van der Waals surface area contributed by atoms with Crippen molar-refractivity contribution < 1.29 is 14.7 Å². The normalized spacial score (nSPS) is 17.6. The van der Waals surface area contributed by atoms with E-state index in [1.165, 1.54) is 39.5 Å². The van der Waals surface area contributed by atoms with Gasteiger partial charge in [-0.25, -0.2) is 0 Å². The fraction of sp³-hybridized carbons (Fsp3) is 0.375. The lowest BCUT2D eigenvalue weighted by Crippen LogP contribution is -2.30. The van der Waals surface area contributed by atoms with E-state index in [1.807, 2.05) is 29.7 Å². The van der Waals surface area contributed by atoms with Crippen molar-refractivity contribution in [1.82, 2.24) is 9.47 Å². The lowest BCUT2D eigenvalue weighted by molar-refractivity contribution is -0.122. The molecular formula is C24H23N3O4S3. The first kappa shape index (κ1) is 24.4. The molecule has 34 heavy (non-hydrogen) atoms. The first-order valence-electron chi connectivity index (χ1n) is 11.0. The average Bonchev–Trinajstić information content (AvgIpc) is 3.54. The minimum Gasteiger partial charge on any atom is -0.494 e. The third kappa shape index (κ3) is 4.60. The standard InChI is InChI=1S/C24H23N3O4S3/c1-14-17(13-25)21(29)27(15-6-2-3-7-15)23(31)20(14)18(28)9-4-10-26-22(30)19(34-24(26)32)12-16-8-5-11-33-16/h5,8,11-12,15,31H,2-4,6-7,9-10H2,1H3/b19-12-. The fourth-order valence-electron chi connectivity index (χ4n) is 4.48. The van der Waals surface area contributed by atoms with Crippen molar-refractivity contribution in [3.05, 3.63) is 54.3 Å². The Labute approximate surface area is 210 Å². The van der Waals surface area contributed by atoms with Gasteiger partial charge in [0, 0.05) is 23.9 Å². The summed E-state index contributed by atoms with van der Waals surface area (Å²) in [7, 11) is 0. The Bertz CT molecular complexity index is 1280. The predicted molar refractivity (Wildman–Crippen MR) is 137 cm³/mol. The Balaban J connectivity index is 1.50. The van der Waals surface area contributed by atoms with Gasteiger partial charge >= 0.3 is 0 Å². The van der Waals surface area contributed by atoms with Gasteiger partial charge in [0.1, 0.15) is 16.0 Å². The second-order valence-corrected chi connectivity index (χ2v) is 11.0. The van der Waals surface area contributed by atoms with Crippen LogP contribution in [0.15, 0.2) is 27.2 Å². The van der Waals surface area contributed by atoms with Crippen molar-refractivity contribution >= 4 is 57.4 Å². The minimum absolute atomic E-state index is 0.0195. The Hall–Kier alpha value is -2.74. The van der Waals surface area contributed by atoms with Crippen LogP contribution in [0.2, 0.25) is 0 Å². The topological polar surface area (TPSA) is 103 Å². The molecule has 2 aromatic rings. The van der Waals surface area contributed by atoms with Crippen LogP contribution < -0.4 is 5.56 Å². The summed E-state index contributed by atoms with van der Waals surface area (Å²) >= 11 is 8.13. The molecule has 1 saturated heterocycles. The number of hydrogen-bond donors (Lipinski definition) is 1. The van der Waals surface area contributed by atoms with E-state index in [1.54, 1.807) is 0 Å². The maximum Gasteiger partial charge on any atom is 0.271 e. The van der Waals surface area contributed by atoms with Gasteiger partial charge in [-0.2, -0.15) is 5.26 Å². The Morgan fingerprint density at radius 3 is 2.74 bits per heavy atom. The first-order valence-corrected chi connectivity index (χ1v) is 13.1. The number of pyridine rings is 1. The van der Waals surface area contributed by atoms with Crippen LogP contribution in [0.4, 0.5) is 0 Å². The number of carbonyl (C=O) groups is 2. The lowest BCUT2D eigenvalue weighted by atomic mass is 9.98. The van der Waals surface area contributed by atoms with Gasteiger partial charge in [-0.05, 0) is 49.3 Å². The molecule has 4 rings (SSSR count). The van der Waals surface area contributed by atoms with Crippen molar-refractivity contribution in [3.8, 4) is 11.9 Å². The maximum atomic E-state index is 13.1. The van der Waals surface area contributed by atoms with Crippen LogP contribution in [-0.2, 0) is 4.79 Å². The van der Waals surface area contributed by atoms with Crippen LogP contribution in [0.1, 0.15) is 70.9 Å². The summed E-state index contributed by atoms with van der Waals surface area (Å²) in [6, 6.07) is 5.53. The molecule has 1 N–H and O–H groups in total. The third-order valence-electron chi connectivity index (χ3n) is 6.19. The molecular weight excluding hydrogens is 490 g/mol. The Kier molecular flexibility index (Phi) is 7.36. The molecule has 0 atom stereocenters. The third-order valence-corrected chi connectivity index (χ3v) is 8.39. The molecule has 2 aromatic heterocycles. The second kappa shape index (κ2) is 10.3. The van der Waals surface area contributed by atoms with Crippen molar-refractivity contribution in [3.63, 3.8) is 0 Å². The number of thiophene rings is 1. The van der Waals surface area contributed by atoms with Crippen molar-refractivity contribution in [2.45, 2.75) is 51.5 Å². The van der Waals surface area contributed by atoms with Crippen molar-refractivity contribution in [2.24, 2.45) is 0 Å². The van der Waals surface area contributed by atoms with E-state index in [0.29, 0.717) is 15.6 Å². The molecule has 0 bridgehead atoms. The van der Waals surface area contributed by atoms with Gasteiger partial charge in [0.2, 0.25) is 5.88 Å². The molecule has 0 spiro atoms. The minimum atomic E-state index is -0.545. The number of thiocarbonyl (C=S) groups is 1. The summed E-state index contributed by atoms with van der Waals surface area (Å²) in [6.45, 7) is 1.79. The average molecular weight is 514 g/mol. The van der Waals surface area contributed by atoms with E-state index in [2.05, 4.69) is 0 Å². The van der Waals surface area contributed by atoms with E-state index in [-0.39, 0.29) is 53.3 Å². The predicted octanol–water partition coefficient (Wildman–Crippen LogP) is 4.77. The van der Waals surface area contributed by atoms with Gasteiger partial charge in [-0.3, -0.25) is 23.9 Å². The number of amides is 1. The fourth-order valence-corrected chi connectivity index (χ4v) is 6.51. The van der Waals surface area contributed by atoms with Crippen molar-refractivity contribution in [2.75, 3.05) is 6.54 Å². The largest absolute Gasteiger partial charge is 0.494 e. The van der Waals surface area contributed by atoms with Gasteiger partial charge in [-0.1, -0.05) is 42.9 Å². The van der Waals surface area contributed by atoms with Gasteiger partial charge in [0.25, 0.3) is 11.5 Å². The van der Waals surface area contributed by atoms with Crippen LogP contribution in [0.5, 0.6) is 5.88 Å². The number of rotatable bonds is 7. The molecule has 1 aliphatic heterocycles. The molecule has 2 fully saturated rings. The number of hydrogen-bond acceptors (Lipinski definition) is 8. The highest BCUT2D eigenvalue weighted by atomic mass is 32.2. The molecule has 0 unspecified atom stereocenters. The SMILES string of the molecule is Cc1c(C(=O)CCCN2C(=O)/C(=C/c3cccs3)SC2=S)c(O)n(C2CCCC2)c(=O)c1C#N. The highest BCUT2D eigenvalue weighted by Crippen LogP contribution is 2.35. The van der Waals surface area contributed by atoms with E-state index in [0.717, 1.165) is 30.6 Å². The van der Waals surface area contributed by atoms with Crippen LogP contribution in [0, 0.1) is 18.3 Å². The molecule has 10 heteroatoms. The lowest BCUT2D eigenvalue weighted by Gasteiger charge is -2.20. The summed E-state index contributed by atoms with van der Waals surface area (Å²) in [5, 5.41) is 22.4. The number of thioether (sulfide) groups is 1. The van der Waals surface area contributed by atoms with Gasteiger partial charge in [0.05, 0.1) is 10.5 Å². The van der Waals surface area contributed by atoms with Crippen LogP contribution in [-0.4, -0.2) is 37.1 Å². The van der Waals surface area contributed by atoms with Crippen molar-refractivity contribution in [1.29, 1.82) is 5.26 Å². The monoisotopic (exact) mass is 513 g/mol. The highest BCUT2D eigenvalue weighted by Gasteiger charge is 2.32. The van der Waals surface area contributed by atoms with Gasteiger partial charge < -0.3 is 5.11 Å². The van der Waals surface area contributed by atoms with Crippen LogP contribution in [0.25, 0.3) is 6.08 Å². The summed E-state index contributed by atoms with van der Waals surface area (Å²) in [5.74, 6) is -0.905. The molecule has 0 radical (unpaired) electrons. The zero-order valence-corrected chi connectivity index (χ0v) is 21.0. The second-order valence-electron chi connectivity index (χ2n) is 8.30. The molecule has 2 aliphatic rings. The number of aromatic nitrogens is 1.